The van der Waals surface area contributed by atoms with Crippen molar-refractivity contribution in [3.8, 4) is 0 Å². The molecule has 1 rings (SSSR count). The Balaban J connectivity index is 3.10. The number of hydrogen-bond acceptors (Lipinski definition) is 5. The van der Waals surface area contributed by atoms with Crippen LogP contribution >= 0.6 is 7.60 Å². The van der Waals surface area contributed by atoms with Gasteiger partial charge in [-0.2, -0.15) is 0 Å². The number of carbonyl (C=O) groups is 1. The lowest BCUT2D eigenvalue weighted by atomic mass is 10.1. The monoisotopic (exact) mass is 314 g/mol. The van der Waals surface area contributed by atoms with Crippen molar-refractivity contribution in [1.82, 2.24) is 0 Å². The Hall–Kier alpha value is -1.16. The van der Waals surface area contributed by atoms with E-state index in [9.17, 15) is 9.36 Å². The fourth-order valence-electron chi connectivity index (χ4n) is 2.00. The number of allylic oxidation sites excluding steroid dienone is 2. The van der Waals surface area contributed by atoms with Crippen molar-refractivity contribution in [3.05, 3.63) is 35.8 Å². The van der Waals surface area contributed by atoms with E-state index in [1.54, 1.807) is 26.0 Å². The molecule has 1 unspecified atom stereocenters. The molecule has 5 nitrogen and oxygen atoms in total. The number of ketones is 1. The predicted molar refractivity (Wildman–Crippen MR) is 81.4 cm³/mol. The second kappa shape index (κ2) is 8.32. The standard InChI is InChI=1S/C15H23O5P/c1-5-19-21(17,20-6-2)15(14-8-7-9-18-14)11-13(16)10-12(3)4/h7-10,15H,5-6,11H2,1-4H3. The zero-order chi connectivity index (χ0) is 15.9. The van der Waals surface area contributed by atoms with Gasteiger partial charge in [-0.15, -0.1) is 0 Å². The zero-order valence-electron chi connectivity index (χ0n) is 13.0. The van der Waals surface area contributed by atoms with Gasteiger partial charge in [-0.3, -0.25) is 9.36 Å². The summed E-state index contributed by atoms with van der Waals surface area (Å²) in [6, 6.07) is 3.38. The van der Waals surface area contributed by atoms with Crippen LogP contribution in [0, 0.1) is 0 Å². The third-order valence-corrected chi connectivity index (χ3v) is 5.15. The zero-order valence-corrected chi connectivity index (χ0v) is 13.9. The van der Waals surface area contributed by atoms with Crippen LogP contribution in [0.15, 0.2) is 34.5 Å². The average Bonchev–Trinajstić information content (AvgIpc) is 2.89. The molecule has 0 aromatic carbocycles. The normalized spacial score (nSPS) is 13.0. The maximum atomic E-state index is 13.0. The van der Waals surface area contributed by atoms with Crippen molar-refractivity contribution in [2.24, 2.45) is 0 Å². The Bertz CT molecular complexity index is 504. The van der Waals surface area contributed by atoms with Crippen LogP contribution in [0.1, 0.15) is 45.5 Å². The summed E-state index contributed by atoms with van der Waals surface area (Å²) in [6.07, 6.45) is 3.03. The van der Waals surface area contributed by atoms with Gasteiger partial charge in [-0.1, -0.05) is 5.57 Å². The Labute approximate surface area is 125 Å². The van der Waals surface area contributed by atoms with Crippen LogP contribution in [-0.4, -0.2) is 19.0 Å². The highest BCUT2D eigenvalue weighted by molar-refractivity contribution is 7.54. The summed E-state index contributed by atoms with van der Waals surface area (Å²) in [5.74, 6) is 0.312. The maximum absolute atomic E-state index is 13.0. The number of carbonyl (C=O) groups excluding carboxylic acids is 1. The van der Waals surface area contributed by atoms with E-state index < -0.39 is 13.3 Å². The minimum atomic E-state index is -3.46. The lowest BCUT2D eigenvalue weighted by Crippen LogP contribution is -2.10. The fraction of sp³-hybridized carbons (Fsp3) is 0.533. The van der Waals surface area contributed by atoms with Gasteiger partial charge in [0, 0.05) is 6.42 Å². The first kappa shape index (κ1) is 17.9. The fourth-order valence-corrected chi connectivity index (χ4v) is 4.01. The average molecular weight is 314 g/mol. The minimum Gasteiger partial charge on any atom is -0.468 e. The molecule has 0 aliphatic carbocycles. The number of furan rings is 1. The van der Waals surface area contributed by atoms with Crippen LogP contribution < -0.4 is 0 Å². The van der Waals surface area contributed by atoms with Crippen molar-refractivity contribution in [2.45, 2.75) is 39.8 Å². The second-order valence-electron chi connectivity index (χ2n) is 4.80. The van der Waals surface area contributed by atoms with Crippen molar-refractivity contribution >= 4 is 13.4 Å². The molecule has 21 heavy (non-hydrogen) atoms. The molecule has 0 saturated heterocycles. The van der Waals surface area contributed by atoms with Crippen LogP contribution in [-0.2, 0) is 18.4 Å². The highest BCUT2D eigenvalue weighted by atomic mass is 31.2. The van der Waals surface area contributed by atoms with Gasteiger partial charge >= 0.3 is 7.60 Å². The van der Waals surface area contributed by atoms with E-state index in [0.717, 1.165) is 5.57 Å². The molecule has 0 amide bonds. The summed E-state index contributed by atoms with van der Waals surface area (Å²) in [7, 11) is -3.46. The first-order valence-electron chi connectivity index (χ1n) is 7.02. The van der Waals surface area contributed by atoms with E-state index in [4.69, 9.17) is 13.5 Å². The molecule has 0 bridgehead atoms. The van der Waals surface area contributed by atoms with Gasteiger partial charge in [0.15, 0.2) is 5.78 Å². The summed E-state index contributed by atoms with van der Waals surface area (Å²) in [4.78, 5) is 12.1. The molecule has 0 aliphatic heterocycles. The quantitative estimate of drug-likeness (QED) is 0.495. The molecule has 1 aromatic rings. The van der Waals surface area contributed by atoms with Gasteiger partial charge in [0.1, 0.15) is 11.4 Å². The van der Waals surface area contributed by atoms with Crippen LogP contribution in [0.2, 0.25) is 0 Å². The van der Waals surface area contributed by atoms with Crippen LogP contribution in [0.3, 0.4) is 0 Å². The van der Waals surface area contributed by atoms with E-state index in [-0.39, 0.29) is 25.4 Å². The van der Waals surface area contributed by atoms with Gasteiger partial charge in [-0.25, -0.2) is 0 Å². The highest BCUT2D eigenvalue weighted by Gasteiger charge is 2.39. The van der Waals surface area contributed by atoms with Crippen LogP contribution in [0.5, 0.6) is 0 Å². The van der Waals surface area contributed by atoms with Crippen LogP contribution in [0.4, 0.5) is 0 Å². The highest BCUT2D eigenvalue weighted by Crippen LogP contribution is 2.62. The van der Waals surface area contributed by atoms with Gasteiger partial charge in [0.25, 0.3) is 0 Å². The van der Waals surface area contributed by atoms with E-state index in [1.165, 1.54) is 12.3 Å². The third-order valence-electron chi connectivity index (χ3n) is 2.72. The van der Waals surface area contributed by atoms with E-state index in [1.807, 2.05) is 13.8 Å². The Morgan fingerprint density at radius 2 is 1.95 bits per heavy atom. The summed E-state index contributed by atoms with van der Waals surface area (Å²) in [6.45, 7) is 7.64. The first-order chi connectivity index (χ1) is 9.92. The molecule has 6 heteroatoms. The molecule has 0 N–H and O–H groups in total. The molecule has 1 atom stereocenters. The van der Waals surface area contributed by atoms with Crippen molar-refractivity contribution in [1.29, 1.82) is 0 Å². The molecule has 1 aromatic heterocycles. The molecular weight excluding hydrogens is 291 g/mol. The number of hydrogen-bond donors (Lipinski definition) is 0. The molecule has 0 radical (unpaired) electrons. The predicted octanol–water partition coefficient (Wildman–Crippen LogP) is 4.51. The molecule has 0 aliphatic rings. The third kappa shape index (κ3) is 5.27. The largest absolute Gasteiger partial charge is 0.468 e. The molecule has 118 valence electrons. The van der Waals surface area contributed by atoms with E-state index in [2.05, 4.69) is 0 Å². The molecule has 0 spiro atoms. The van der Waals surface area contributed by atoms with Crippen molar-refractivity contribution < 1.29 is 22.8 Å². The molecule has 0 fully saturated rings. The summed E-state index contributed by atoms with van der Waals surface area (Å²) < 4.78 is 29.0. The van der Waals surface area contributed by atoms with Gasteiger partial charge in [0.2, 0.25) is 0 Å². The van der Waals surface area contributed by atoms with Gasteiger partial charge in [0.05, 0.1) is 19.5 Å². The van der Waals surface area contributed by atoms with Crippen LogP contribution in [0.25, 0.3) is 0 Å². The number of rotatable bonds is 9. The summed E-state index contributed by atoms with van der Waals surface area (Å²) >= 11 is 0. The molecular formula is C15H23O5P. The van der Waals surface area contributed by atoms with E-state index >= 15 is 0 Å². The topological polar surface area (TPSA) is 65.7 Å². The Kier molecular flexibility index (Phi) is 7.09. The van der Waals surface area contributed by atoms with Gasteiger partial charge in [-0.05, 0) is 45.9 Å². The Morgan fingerprint density at radius 3 is 2.38 bits per heavy atom. The smallest absolute Gasteiger partial charge is 0.341 e. The lowest BCUT2D eigenvalue weighted by Gasteiger charge is -2.24. The van der Waals surface area contributed by atoms with E-state index in [0.29, 0.717) is 5.76 Å². The van der Waals surface area contributed by atoms with Crippen molar-refractivity contribution in [3.63, 3.8) is 0 Å². The molecule has 1 heterocycles. The lowest BCUT2D eigenvalue weighted by molar-refractivity contribution is -0.114. The second-order valence-corrected chi connectivity index (χ2v) is 7.02. The minimum absolute atomic E-state index is 0.0238. The Morgan fingerprint density at radius 1 is 1.33 bits per heavy atom. The first-order valence-corrected chi connectivity index (χ1v) is 8.64. The van der Waals surface area contributed by atoms with Gasteiger partial charge < -0.3 is 13.5 Å². The SMILES string of the molecule is CCOP(=O)(OCC)C(CC(=O)C=C(C)C)c1ccco1. The summed E-state index contributed by atoms with van der Waals surface area (Å²) in [5, 5.41) is 0. The van der Waals surface area contributed by atoms with Crippen molar-refractivity contribution in [2.75, 3.05) is 13.2 Å². The maximum Gasteiger partial charge on any atom is 0.341 e. The molecule has 0 saturated carbocycles. The summed E-state index contributed by atoms with van der Waals surface area (Å²) in [5.41, 5.74) is 0.163.